The van der Waals surface area contributed by atoms with Gasteiger partial charge in [0, 0.05) is 6.20 Å². The molecule has 1 aromatic rings. The van der Waals surface area contributed by atoms with Gasteiger partial charge in [0.1, 0.15) is 12.3 Å². The molecule has 1 aromatic heterocycles. The van der Waals surface area contributed by atoms with E-state index in [4.69, 9.17) is 5.11 Å². The summed E-state index contributed by atoms with van der Waals surface area (Å²) in [6.07, 6.45) is 1.30. The summed E-state index contributed by atoms with van der Waals surface area (Å²) in [5.74, 6) is -5.18. The zero-order valence-electron chi connectivity index (χ0n) is 8.56. The predicted octanol–water partition coefficient (Wildman–Crippen LogP) is 0.305. The van der Waals surface area contributed by atoms with Gasteiger partial charge < -0.3 is 5.11 Å². The maximum atomic E-state index is 13.0. The first-order chi connectivity index (χ1) is 7.96. The van der Waals surface area contributed by atoms with Crippen molar-refractivity contribution in [1.82, 2.24) is 9.88 Å². The van der Waals surface area contributed by atoms with Crippen molar-refractivity contribution in [3.8, 4) is 0 Å². The lowest BCUT2D eigenvalue weighted by Gasteiger charge is -2.19. The lowest BCUT2D eigenvalue weighted by molar-refractivity contribution is -0.0627. The normalized spacial score (nSPS) is 15.4. The minimum Gasteiger partial charge on any atom is -0.390 e. The van der Waals surface area contributed by atoms with Gasteiger partial charge in [0.25, 0.3) is 17.7 Å². The van der Waals surface area contributed by atoms with Crippen LogP contribution in [0, 0.1) is 0 Å². The number of halogens is 2. The minimum absolute atomic E-state index is 0.00578. The Kier molecular flexibility index (Phi) is 2.62. The van der Waals surface area contributed by atoms with Crippen LogP contribution in [0.3, 0.4) is 0 Å². The van der Waals surface area contributed by atoms with Gasteiger partial charge in [0.05, 0.1) is 12.1 Å². The minimum atomic E-state index is -3.51. The number of hydrogen-bond acceptors (Lipinski definition) is 4. The summed E-state index contributed by atoms with van der Waals surface area (Å²) in [5.41, 5.74) is -0.127. The third kappa shape index (κ3) is 1.89. The van der Waals surface area contributed by atoms with Gasteiger partial charge in [-0.25, -0.2) is 8.78 Å². The van der Waals surface area contributed by atoms with Gasteiger partial charge in [-0.1, -0.05) is 0 Å². The van der Waals surface area contributed by atoms with Gasteiger partial charge in [-0.05, 0) is 12.1 Å². The summed E-state index contributed by atoms with van der Waals surface area (Å²) in [6, 6.07) is 2.79. The van der Waals surface area contributed by atoms with E-state index in [0.717, 1.165) is 0 Å². The van der Waals surface area contributed by atoms with E-state index in [1.54, 1.807) is 0 Å². The van der Waals surface area contributed by atoms with Gasteiger partial charge in [0.2, 0.25) is 0 Å². The van der Waals surface area contributed by atoms with Crippen LogP contribution in [0.15, 0.2) is 18.3 Å². The highest BCUT2D eigenvalue weighted by atomic mass is 19.3. The molecule has 2 heterocycles. The molecule has 0 aromatic carbocycles. The quantitative estimate of drug-likeness (QED) is 0.774. The Labute approximate surface area is 94.7 Å². The molecule has 0 radical (unpaired) electrons. The first-order valence-corrected chi connectivity index (χ1v) is 4.76. The first kappa shape index (κ1) is 11.6. The van der Waals surface area contributed by atoms with E-state index < -0.39 is 30.9 Å². The standard InChI is InChI=1S/C10H8F2N2O3/c11-10(12,5-15)4-14-8(16)6-2-1-3-13-7(6)9(14)17/h1-3,15H,4-5H2. The lowest BCUT2D eigenvalue weighted by Crippen LogP contribution is -2.42. The monoisotopic (exact) mass is 242 g/mol. The van der Waals surface area contributed by atoms with Crippen LogP contribution in [-0.4, -0.2) is 45.9 Å². The molecule has 90 valence electrons. The number of nitrogens with zero attached hydrogens (tertiary/aromatic N) is 2. The van der Waals surface area contributed by atoms with Crippen molar-refractivity contribution in [2.45, 2.75) is 5.92 Å². The molecule has 7 heteroatoms. The van der Waals surface area contributed by atoms with Crippen LogP contribution in [-0.2, 0) is 0 Å². The molecule has 0 aliphatic carbocycles. The highest BCUT2D eigenvalue weighted by molar-refractivity contribution is 6.20. The number of fused-ring (bicyclic) bond motifs is 1. The predicted molar refractivity (Wildman–Crippen MR) is 51.6 cm³/mol. The lowest BCUT2D eigenvalue weighted by atomic mass is 10.2. The van der Waals surface area contributed by atoms with E-state index in [2.05, 4.69) is 4.98 Å². The summed E-state index contributed by atoms with van der Waals surface area (Å²) in [7, 11) is 0. The Morgan fingerprint density at radius 2 is 2.06 bits per heavy atom. The third-order valence-electron chi connectivity index (χ3n) is 2.35. The second-order valence-electron chi connectivity index (χ2n) is 3.61. The van der Waals surface area contributed by atoms with Crippen LogP contribution in [0.25, 0.3) is 0 Å². The van der Waals surface area contributed by atoms with Crippen LogP contribution < -0.4 is 0 Å². The number of alkyl halides is 2. The average Bonchev–Trinajstić information content (AvgIpc) is 2.55. The molecule has 1 N–H and O–H groups in total. The maximum Gasteiger partial charge on any atom is 0.288 e. The van der Waals surface area contributed by atoms with Crippen molar-refractivity contribution in [2.24, 2.45) is 0 Å². The zero-order valence-corrected chi connectivity index (χ0v) is 8.56. The highest BCUT2D eigenvalue weighted by Crippen LogP contribution is 2.24. The Hall–Kier alpha value is -1.89. The van der Waals surface area contributed by atoms with Crippen LogP contribution in [0.5, 0.6) is 0 Å². The molecule has 5 nitrogen and oxygen atoms in total. The number of pyridine rings is 1. The molecule has 0 saturated carbocycles. The van der Waals surface area contributed by atoms with Crippen molar-refractivity contribution in [3.05, 3.63) is 29.6 Å². The summed E-state index contributed by atoms with van der Waals surface area (Å²) >= 11 is 0. The average molecular weight is 242 g/mol. The fourth-order valence-corrected chi connectivity index (χ4v) is 1.54. The third-order valence-corrected chi connectivity index (χ3v) is 2.35. The van der Waals surface area contributed by atoms with Crippen molar-refractivity contribution in [3.63, 3.8) is 0 Å². The maximum absolute atomic E-state index is 13.0. The Bertz CT molecular complexity index is 455. The molecule has 0 spiro atoms. The highest BCUT2D eigenvalue weighted by Gasteiger charge is 2.42. The summed E-state index contributed by atoms with van der Waals surface area (Å²) < 4.78 is 25.9. The molecular weight excluding hydrogens is 234 g/mol. The van der Waals surface area contributed by atoms with Crippen molar-refractivity contribution in [2.75, 3.05) is 13.2 Å². The van der Waals surface area contributed by atoms with Crippen LogP contribution in [0.2, 0.25) is 0 Å². The summed E-state index contributed by atoms with van der Waals surface area (Å²) in [6.45, 7) is -2.56. The fraction of sp³-hybridized carbons (Fsp3) is 0.300. The SMILES string of the molecule is O=C1c2cccnc2C(=O)N1CC(F)(F)CO. The van der Waals surface area contributed by atoms with Gasteiger partial charge in [-0.3, -0.25) is 19.5 Å². The Morgan fingerprint density at radius 1 is 1.35 bits per heavy atom. The van der Waals surface area contributed by atoms with E-state index in [-0.39, 0.29) is 11.3 Å². The van der Waals surface area contributed by atoms with Crippen LogP contribution in [0.1, 0.15) is 20.8 Å². The largest absolute Gasteiger partial charge is 0.390 e. The summed E-state index contributed by atoms with van der Waals surface area (Å²) in [4.78, 5) is 27.4. The number of aliphatic hydroxyl groups excluding tert-OH is 1. The van der Waals surface area contributed by atoms with Gasteiger partial charge in [0.15, 0.2) is 0 Å². The summed E-state index contributed by atoms with van der Waals surface area (Å²) in [5, 5.41) is 8.43. The number of amides is 2. The molecule has 0 unspecified atom stereocenters. The van der Waals surface area contributed by atoms with Gasteiger partial charge >= 0.3 is 0 Å². The molecule has 1 aliphatic rings. The van der Waals surface area contributed by atoms with Crippen LogP contribution >= 0.6 is 0 Å². The van der Waals surface area contributed by atoms with E-state index in [9.17, 15) is 18.4 Å². The molecule has 0 bridgehead atoms. The van der Waals surface area contributed by atoms with Gasteiger partial charge in [-0.2, -0.15) is 0 Å². The number of hydrogen-bond donors (Lipinski definition) is 1. The molecule has 2 rings (SSSR count). The van der Waals surface area contributed by atoms with Crippen LogP contribution in [0.4, 0.5) is 8.78 Å². The second kappa shape index (κ2) is 3.85. The van der Waals surface area contributed by atoms with Crippen molar-refractivity contribution in [1.29, 1.82) is 0 Å². The smallest absolute Gasteiger partial charge is 0.288 e. The number of carbonyl (C=O) groups excluding carboxylic acids is 2. The topological polar surface area (TPSA) is 70.5 Å². The second-order valence-corrected chi connectivity index (χ2v) is 3.61. The number of aliphatic hydroxyl groups is 1. The molecule has 17 heavy (non-hydrogen) atoms. The zero-order chi connectivity index (χ0) is 12.6. The van der Waals surface area contributed by atoms with Crippen molar-refractivity contribution >= 4 is 11.8 Å². The Morgan fingerprint density at radius 3 is 2.65 bits per heavy atom. The fourth-order valence-electron chi connectivity index (χ4n) is 1.54. The van der Waals surface area contributed by atoms with Gasteiger partial charge in [-0.15, -0.1) is 0 Å². The number of imide groups is 1. The molecule has 1 aliphatic heterocycles. The van der Waals surface area contributed by atoms with E-state index in [0.29, 0.717) is 4.90 Å². The van der Waals surface area contributed by atoms with Crippen molar-refractivity contribution < 1.29 is 23.5 Å². The molecule has 0 fully saturated rings. The first-order valence-electron chi connectivity index (χ1n) is 4.76. The molecule has 0 saturated heterocycles. The van der Waals surface area contributed by atoms with E-state index >= 15 is 0 Å². The molecular formula is C10H8F2N2O3. The van der Waals surface area contributed by atoms with E-state index in [1.165, 1.54) is 18.3 Å². The number of carbonyl (C=O) groups is 2. The number of aromatic nitrogens is 1. The molecule has 2 amide bonds. The van der Waals surface area contributed by atoms with E-state index in [1.807, 2.05) is 0 Å². The number of rotatable bonds is 3. The Balaban J connectivity index is 2.31. The molecule has 0 atom stereocenters.